The summed E-state index contributed by atoms with van der Waals surface area (Å²) in [5, 5.41) is 0. The average Bonchev–Trinajstić information content (AvgIpc) is 3.31. The molecule has 2 aliphatic rings. The van der Waals surface area contributed by atoms with Gasteiger partial charge in [0.1, 0.15) is 11.6 Å². The Labute approximate surface area is 182 Å². The molecule has 0 radical (unpaired) electrons. The molecule has 2 atom stereocenters. The number of ether oxygens (including phenoxy) is 4. The lowest BCUT2D eigenvalue weighted by molar-refractivity contribution is -0.119. The maximum atomic E-state index is 11.0. The van der Waals surface area contributed by atoms with Crippen LogP contribution in [0.3, 0.4) is 0 Å². The average molecular weight is 431 g/mol. The van der Waals surface area contributed by atoms with Crippen LogP contribution in [0.1, 0.15) is 39.5 Å². The van der Waals surface area contributed by atoms with Gasteiger partial charge in [0.2, 0.25) is 0 Å². The molecular formula is C22H42N2O6. The van der Waals surface area contributed by atoms with E-state index in [-0.39, 0.29) is 11.6 Å². The van der Waals surface area contributed by atoms with Crippen molar-refractivity contribution in [3.05, 3.63) is 0 Å². The van der Waals surface area contributed by atoms with Gasteiger partial charge in [-0.25, -0.2) is 0 Å². The van der Waals surface area contributed by atoms with Crippen LogP contribution in [0.15, 0.2) is 0 Å². The maximum absolute atomic E-state index is 11.0. The van der Waals surface area contributed by atoms with Crippen LogP contribution in [-0.2, 0) is 28.5 Å². The van der Waals surface area contributed by atoms with Crippen molar-refractivity contribution in [2.75, 3.05) is 80.0 Å². The van der Waals surface area contributed by atoms with Crippen molar-refractivity contribution in [2.45, 2.75) is 51.6 Å². The Hall–Kier alpha value is -0.900. The molecule has 2 rings (SSSR count). The number of Topliss-reactive ketones (excluding diaryl/α,β-unsaturated/α-hetero) is 2. The molecule has 8 heteroatoms. The summed E-state index contributed by atoms with van der Waals surface area (Å²) < 4.78 is 20.8. The second kappa shape index (κ2) is 16.8. The zero-order valence-electron chi connectivity index (χ0n) is 19.4. The Morgan fingerprint density at radius 3 is 1.47 bits per heavy atom. The molecule has 8 nitrogen and oxygen atoms in total. The molecule has 0 amide bonds. The number of hydrogen-bond donors (Lipinski definition) is 0. The van der Waals surface area contributed by atoms with E-state index in [1.54, 1.807) is 28.1 Å². The molecule has 0 aliphatic carbocycles. The van der Waals surface area contributed by atoms with Crippen LogP contribution in [-0.4, -0.2) is 113 Å². The van der Waals surface area contributed by atoms with Crippen LogP contribution in [0.2, 0.25) is 0 Å². The monoisotopic (exact) mass is 430 g/mol. The molecule has 176 valence electrons. The van der Waals surface area contributed by atoms with Crippen molar-refractivity contribution < 1.29 is 28.5 Å². The predicted octanol–water partition coefficient (Wildman–Crippen LogP) is 1.41. The van der Waals surface area contributed by atoms with Crippen molar-refractivity contribution >= 4 is 11.6 Å². The fraction of sp³-hybridized carbons (Fsp3) is 0.909. The lowest BCUT2D eigenvalue weighted by Crippen LogP contribution is -2.36. The van der Waals surface area contributed by atoms with Gasteiger partial charge in [0, 0.05) is 26.3 Å². The number of ketones is 2. The summed E-state index contributed by atoms with van der Waals surface area (Å²) in [6.07, 6.45) is 4.62. The van der Waals surface area contributed by atoms with Crippen LogP contribution in [0.5, 0.6) is 0 Å². The number of rotatable bonds is 14. The third-order valence-electron chi connectivity index (χ3n) is 5.33. The fourth-order valence-electron chi connectivity index (χ4n) is 3.88. The predicted molar refractivity (Wildman–Crippen MR) is 116 cm³/mol. The molecule has 2 fully saturated rings. The molecular weight excluding hydrogens is 388 g/mol. The van der Waals surface area contributed by atoms with E-state index >= 15 is 0 Å². The summed E-state index contributed by atoms with van der Waals surface area (Å²) in [7, 11) is 3.34. The molecule has 0 saturated carbocycles. The van der Waals surface area contributed by atoms with E-state index in [4.69, 9.17) is 18.9 Å². The van der Waals surface area contributed by atoms with Crippen LogP contribution >= 0.6 is 0 Å². The highest BCUT2D eigenvalue weighted by molar-refractivity contribution is 5.78. The molecule has 0 unspecified atom stereocenters. The smallest absolute Gasteiger partial charge is 0.143 e. The lowest BCUT2D eigenvalue weighted by Gasteiger charge is -2.22. The summed E-state index contributed by atoms with van der Waals surface area (Å²) in [6.45, 7) is 10.5. The van der Waals surface area contributed by atoms with Crippen molar-refractivity contribution in [1.82, 2.24) is 9.80 Å². The van der Waals surface area contributed by atoms with Gasteiger partial charge in [0.15, 0.2) is 0 Å². The highest BCUT2D eigenvalue weighted by Gasteiger charge is 2.26. The highest BCUT2D eigenvalue weighted by Crippen LogP contribution is 2.17. The SMILES string of the molecule is COCCOC[C@@H]1CCCN1CC(C)=O.COCCOC[C@H]1CCCN1CC(C)=O. The summed E-state index contributed by atoms with van der Waals surface area (Å²) in [6, 6.07) is 0.844. The molecule has 0 N–H and O–H groups in total. The zero-order chi connectivity index (χ0) is 22.2. The van der Waals surface area contributed by atoms with Crippen LogP contribution < -0.4 is 0 Å². The summed E-state index contributed by atoms with van der Waals surface area (Å²) in [5.74, 6) is 0.470. The molecule has 2 saturated heterocycles. The van der Waals surface area contributed by atoms with E-state index < -0.39 is 0 Å². The van der Waals surface area contributed by atoms with Gasteiger partial charge in [0.05, 0.1) is 52.7 Å². The molecule has 0 bridgehead atoms. The summed E-state index contributed by atoms with van der Waals surface area (Å²) in [5.41, 5.74) is 0. The molecule has 0 aromatic carbocycles. The number of methoxy groups -OCH3 is 2. The minimum absolute atomic E-state index is 0.235. The third-order valence-corrected chi connectivity index (χ3v) is 5.33. The van der Waals surface area contributed by atoms with E-state index in [2.05, 4.69) is 9.80 Å². The van der Waals surface area contributed by atoms with Gasteiger partial charge in [-0.1, -0.05) is 0 Å². The maximum Gasteiger partial charge on any atom is 0.143 e. The van der Waals surface area contributed by atoms with Crippen LogP contribution in [0.25, 0.3) is 0 Å². The number of likely N-dealkylation sites (tertiary alicyclic amines) is 2. The Balaban J connectivity index is 0.000000300. The van der Waals surface area contributed by atoms with Gasteiger partial charge >= 0.3 is 0 Å². The second-order valence-corrected chi connectivity index (χ2v) is 8.07. The molecule has 0 spiro atoms. The zero-order valence-corrected chi connectivity index (χ0v) is 19.4. The van der Waals surface area contributed by atoms with E-state index in [0.717, 1.165) is 39.1 Å². The largest absolute Gasteiger partial charge is 0.382 e. The molecule has 2 heterocycles. The van der Waals surface area contributed by atoms with Gasteiger partial charge in [-0.15, -0.1) is 0 Å². The normalized spacial score (nSPS) is 22.1. The fourth-order valence-corrected chi connectivity index (χ4v) is 3.88. The number of nitrogens with zero attached hydrogens (tertiary/aromatic N) is 2. The van der Waals surface area contributed by atoms with E-state index in [1.807, 2.05) is 0 Å². The van der Waals surface area contributed by atoms with Crippen molar-refractivity contribution in [3.63, 3.8) is 0 Å². The molecule has 2 aliphatic heterocycles. The van der Waals surface area contributed by atoms with Crippen molar-refractivity contribution in [1.29, 1.82) is 0 Å². The van der Waals surface area contributed by atoms with Gasteiger partial charge in [0.25, 0.3) is 0 Å². The quantitative estimate of drug-likeness (QED) is 0.383. The van der Waals surface area contributed by atoms with Crippen LogP contribution in [0.4, 0.5) is 0 Å². The Morgan fingerprint density at radius 1 is 0.733 bits per heavy atom. The van der Waals surface area contributed by atoms with Gasteiger partial charge < -0.3 is 18.9 Å². The van der Waals surface area contributed by atoms with Crippen LogP contribution in [0, 0.1) is 0 Å². The lowest BCUT2D eigenvalue weighted by atomic mass is 10.2. The topological polar surface area (TPSA) is 77.5 Å². The molecule has 30 heavy (non-hydrogen) atoms. The molecule has 0 aromatic rings. The number of carbonyl (C=O) groups is 2. The van der Waals surface area contributed by atoms with Gasteiger partial charge in [-0.05, 0) is 52.6 Å². The first-order valence-corrected chi connectivity index (χ1v) is 11.1. The van der Waals surface area contributed by atoms with E-state index in [0.29, 0.717) is 51.6 Å². The first-order chi connectivity index (χ1) is 14.5. The number of hydrogen-bond acceptors (Lipinski definition) is 8. The van der Waals surface area contributed by atoms with Crippen molar-refractivity contribution in [2.24, 2.45) is 0 Å². The van der Waals surface area contributed by atoms with Gasteiger partial charge in [-0.2, -0.15) is 0 Å². The van der Waals surface area contributed by atoms with E-state index in [9.17, 15) is 9.59 Å². The molecule has 0 aromatic heterocycles. The minimum atomic E-state index is 0.235. The highest BCUT2D eigenvalue weighted by atomic mass is 16.5. The minimum Gasteiger partial charge on any atom is -0.382 e. The number of carbonyl (C=O) groups excluding carboxylic acids is 2. The Bertz CT molecular complexity index is 435. The van der Waals surface area contributed by atoms with Crippen molar-refractivity contribution in [3.8, 4) is 0 Å². The third kappa shape index (κ3) is 12.1. The standard InChI is InChI=1S/2C11H21NO3/c2*1-10(13)8-12-5-3-4-11(12)9-15-7-6-14-2/h2*11H,3-9H2,1-2H3/t2*11-/m10/s1. The van der Waals surface area contributed by atoms with E-state index in [1.165, 1.54) is 12.8 Å². The van der Waals surface area contributed by atoms with Gasteiger partial charge in [-0.3, -0.25) is 19.4 Å². The first-order valence-electron chi connectivity index (χ1n) is 11.1. The first kappa shape index (κ1) is 27.1. The summed E-state index contributed by atoms with van der Waals surface area (Å²) in [4.78, 5) is 26.5. The summed E-state index contributed by atoms with van der Waals surface area (Å²) >= 11 is 0. The Kier molecular flexibility index (Phi) is 15.2. The Morgan fingerprint density at radius 2 is 1.13 bits per heavy atom. The second-order valence-electron chi connectivity index (χ2n) is 8.07.